The van der Waals surface area contributed by atoms with Gasteiger partial charge in [0.1, 0.15) is 0 Å². The summed E-state index contributed by atoms with van der Waals surface area (Å²) in [6, 6.07) is 13.8. The summed E-state index contributed by atoms with van der Waals surface area (Å²) in [5.41, 5.74) is 1.81. The van der Waals surface area contributed by atoms with Gasteiger partial charge in [0, 0.05) is 16.8 Å². The highest BCUT2D eigenvalue weighted by Crippen LogP contribution is 2.13. The number of hydrogen-bond acceptors (Lipinski definition) is 3. The van der Waals surface area contributed by atoms with E-state index < -0.39 is 5.97 Å². The van der Waals surface area contributed by atoms with Gasteiger partial charge in [-0.15, -0.1) is 0 Å². The van der Waals surface area contributed by atoms with Crippen LogP contribution < -0.4 is 5.32 Å². The third-order valence-electron chi connectivity index (χ3n) is 3.10. The van der Waals surface area contributed by atoms with Gasteiger partial charge in [0.05, 0.1) is 12.2 Å². The molecule has 0 aliphatic rings. The zero-order valence-corrected chi connectivity index (χ0v) is 14.0. The Morgan fingerprint density at radius 1 is 1.17 bits per heavy atom. The van der Waals surface area contributed by atoms with E-state index in [1.165, 1.54) is 6.08 Å². The molecule has 0 fully saturated rings. The van der Waals surface area contributed by atoms with Crippen molar-refractivity contribution in [1.29, 1.82) is 0 Å². The summed E-state index contributed by atoms with van der Waals surface area (Å²) in [4.78, 5) is 23.8. The Morgan fingerprint density at radius 3 is 2.62 bits per heavy atom. The first kappa shape index (κ1) is 17.8. The van der Waals surface area contributed by atoms with Crippen LogP contribution in [0.3, 0.4) is 0 Å². The molecule has 0 bridgehead atoms. The molecule has 0 aromatic heterocycles. The van der Waals surface area contributed by atoms with Crippen molar-refractivity contribution >= 4 is 35.2 Å². The van der Waals surface area contributed by atoms with Crippen LogP contribution in [0.4, 0.5) is 5.69 Å². The molecule has 2 rings (SSSR count). The number of carbonyl (C=O) groups is 2. The fraction of sp³-hybridized carbons (Fsp3) is 0.158. The summed E-state index contributed by atoms with van der Waals surface area (Å²) in [6.07, 6.45) is 3.87. The van der Waals surface area contributed by atoms with Crippen LogP contribution in [-0.4, -0.2) is 18.5 Å². The zero-order chi connectivity index (χ0) is 17.4. The van der Waals surface area contributed by atoms with Crippen LogP contribution in [0.5, 0.6) is 0 Å². The number of amides is 1. The van der Waals surface area contributed by atoms with Crippen LogP contribution in [0, 0.1) is 0 Å². The number of halogens is 1. The van der Waals surface area contributed by atoms with E-state index in [-0.39, 0.29) is 5.91 Å². The molecule has 0 atom stereocenters. The number of nitrogens with one attached hydrogen (secondary N) is 1. The third-order valence-corrected chi connectivity index (χ3v) is 3.35. The molecule has 2 aromatic rings. The molecule has 0 aliphatic carbocycles. The van der Waals surface area contributed by atoms with Crippen molar-refractivity contribution in [2.45, 2.75) is 13.3 Å². The lowest BCUT2D eigenvalue weighted by molar-refractivity contribution is -0.111. The van der Waals surface area contributed by atoms with Gasteiger partial charge in [-0.3, -0.25) is 4.79 Å². The molecule has 0 aliphatic heterocycles. The third kappa shape index (κ3) is 5.56. The van der Waals surface area contributed by atoms with Crippen molar-refractivity contribution in [3.63, 3.8) is 0 Å². The number of carbonyl (C=O) groups excluding carboxylic acids is 2. The summed E-state index contributed by atoms with van der Waals surface area (Å²) < 4.78 is 5.08. The van der Waals surface area contributed by atoms with Crippen molar-refractivity contribution in [3.05, 3.63) is 70.8 Å². The maximum Gasteiger partial charge on any atom is 0.338 e. The summed E-state index contributed by atoms with van der Waals surface area (Å²) >= 11 is 5.81. The summed E-state index contributed by atoms with van der Waals surface area (Å²) in [5.74, 6) is -0.686. The van der Waals surface area contributed by atoms with Gasteiger partial charge in [0.15, 0.2) is 0 Å². The standard InChI is InChI=1S/C19H18ClNO3/c1-2-12-24-19(23)15-4-3-5-17(13-15)21-18(22)11-8-14-6-9-16(20)10-7-14/h3-11,13H,2,12H2,1H3,(H,21,22). The van der Waals surface area contributed by atoms with Crippen molar-refractivity contribution in [3.8, 4) is 0 Å². The summed E-state index contributed by atoms with van der Waals surface area (Å²) in [5, 5.41) is 3.36. The lowest BCUT2D eigenvalue weighted by Gasteiger charge is -2.06. The molecule has 2 aromatic carbocycles. The molecule has 0 saturated heterocycles. The smallest absolute Gasteiger partial charge is 0.338 e. The van der Waals surface area contributed by atoms with Crippen LogP contribution in [0.25, 0.3) is 6.08 Å². The second-order valence-electron chi connectivity index (χ2n) is 5.09. The van der Waals surface area contributed by atoms with Gasteiger partial charge in [0.25, 0.3) is 0 Å². The van der Waals surface area contributed by atoms with E-state index in [4.69, 9.17) is 16.3 Å². The Balaban J connectivity index is 1.98. The van der Waals surface area contributed by atoms with Crippen LogP contribution in [-0.2, 0) is 9.53 Å². The Hall–Kier alpha value is -2.59. The molecule has 5 heteroatoms. The largest absolute Gasteiger partial charge is 0.462 e. The number of rotatable bonds is 6. The molecular weight excluding hydrogens is 326 g/mol. The highest BCUT2D eigenvalue weighted by Gasteiger charge is 2.08. The number of anilines is 1. The van der Waals surface area contributed by atoms with Gasteiger partial charge in [-0.2, -0.15) is 0 Å². The lowest BCUT2D eigenvalue weighted by atomic mass is 10.2. The van der Waals surface area contributed by atoms with Gasteiger partial charge < -0.3 is 10.1 Å². The first-order valence-corrected chi connectivity index (χ1v) is 7.98. The van der Waals surface area contributed by atoms with Gasteiger partial charge in [0.2, 0.25) is 5.91 Å². The number of benzene rings is 2. The fourth-order valence-electron chi connectivity index (χ4n) is 1.93. The molecule has 0 heterocycles. The Morgan fingerprint density at radius 2 is 1.92 bits per heavy atom. The van der Waals surface area contributed by atoms with Crippen molar-refractivity contribution in [2.24, 2.45) is 0 Å². The van der Waals surface area contributed by atoms with Crippen molar-refractivity contribution < 1.29 is 14.3 Å². The lowest BCUT2D eigenvalue weighted by Crippen LogP contribution is -2.10. The first-order chi connectivity index (χ1) is 11.6. The zero-order valence-electron chi connectivity index (χ0n) is 13.3. The molecule has 0 radical (unpaired) electrons. The van der Waals surface area contributed by atoms with E-state index in [9.17, 15) is 9.59 Å². The van der Waals surface area contributed by atoms with Crippen molar-refractivity contribution in [2.75, 3.05) is 11.9 Å². The Bertz CT molecular complexity index is 739. The normalized spacial score (nSPS) is 10.6. The average Bonchev–Trinajstić information content (AvgIpc) is 2.59. The van der Waals surface area contributed by atoms with E-state index in [0.29, 0.717) is 22.9 Å². The van der Waals surface area contributed by atoms with E-state index in [1.807, 2.05) is 19.1 Å². The van der Waals surface area contributed by atoms with E-state index in [1.54, 1.807) is 42.5 Å². The number of hydrogen-bond donors (Lipinski definition) is 1. The van der Waals surface area contributed by atoms with Crippen LogP contribution in [0.2, 0.25) is 5.02 Å². The molecule has 0 saturated carbocycles. The average molecular weight is 344 g/mol. The monoisotopic (exact) mass is 343 g/mol. The highest BCUT2D eigenvalue weighted by atomic mass is 35.5. The predicted molar refractivity (Wildman–Crippen MR) is 96.1 cm³/mol. The van der Waals surface area contributed by atoms with Crippen LogP contribution >= 0.6 is 11.6 Å². The van der Waals surface area contributed by atoms with E-state index in [2.05, 4.69) is 5.32 Å². The molecule has 1 N–H and O–H groups in total. The quantitative estimate of drug-likeness (QED) is 0.618. The van der Waals surface area contributed by atoms with Crippen molar-refractivity contribution in [1.82, 2.24) is 0 Å². The minimum atomic E-state index is -0.398. The van der Waals surface area contributed by atoms with Gasteiger partial charge >= 0.3 is 5.97 Å². The van der Waals surface area contributed by atoms with Gasteiger partial charge in [-0.1, -0.05) is 36.7 Å². The molecule has 0 unspecified atom stereocenters. The van der Waals surface area contributed by atoms with E-state index >= 15 is 0 Å². The second kappa shape index (κ2) is 8.89. The second-order valence-corrected chi connectivity index (χ2v) is 5.53. The number of ether oxygens (including phenoxy) is 1. The first-order valence-electron chi connectivity index (χ1n) is 7.60. The fourth-order valence-corrected chi connectivity index (χ4v) is 2.06. The Kier molecular flexibility index (Phi) is 6.58. The number of esters is 1. The predicted octanol–water partition coefficient (Wildman–Crippen LogP) is 4.56. The minimum Gasteiger partial charge on any atom is -0.462 e. The highest BCUT2D eigenvalue weighted by molar-refractivity contribution is 6.30. The minimum absolute atomic E-state index is 0.288. The molecule has 1 amide bonds. The van der Waals surface area contributed by atoms with Gasteiger partial charge in [-0.25, -0.2) is 4.79 Å². The molecule has 0 spiro atoms. The van der Waals surface area contributed by atoms with Gasteiger partial charge in [-0.05, 0) is 48.4 Å². The van der Waals surface area contributed by atoms with Crippen LogP contribution in [0.15, 0.2) is 54.6 Å². The molecule has 24 heavy (non-hydrogen) atoms. The molecule has 4 nitrogen and oxygen atoms in total. The summed E-state index contributed by atoms with van der Waals surface area (Å²) in [6.45, 7) is 2.30. The Labute approximate surface area is 146 Å². The SMILES string of the molecule is CCCOC(=O)c1cccc(NC(=O)C=Cc2ccc(Cl)cc2)c1. The maximum atomic E-state index is 12.0. The molecular formula is C19H18ClNO3. The maximum absolute atomic E-state index is 12.0. The van der Waals surface area contributed by atoms with Crippen LogP contribution in [0.1, 0.15) is 29.3 Å². The molecule has 124 valence electrons. The van der Waals surface area contributed by atoms with E-state index in [0.717, 1.165) is 12.0 Å². The summed E-state index contributed by atoms with van der Waals surface area (Å²) in [7, 11) is 0. The topological polar surface area (TPSA) is 55.4 Å².